The number of aryl methyl sites for hydroxylation is 1. The Labute approximate surface area is 150 Å². The predicted octanol–water partition coefficient (Wildman–Crippen LogP) is 3.10. The van der Waals surface area contributed by atoms with Crippen LogP contribution in [-0.2, 0) is 11.8 Å². The van der Waals surface area contributed by atoms with Crippen LogP contribution in [0.2, 0.25) is 0 Å². The first-order valence-corrected chi connectivity index (χ1v) is 8.29. The van der Waals surface area contributed by atoms with Crippen LogP contribution in [-0.4, -0.2) is 21.6 Å². The SMILES string of the molecule is Cn1nc(NC(=O)c2ccc(Br)o2)c2c1NC(=O)C[C@H]2c1ccco1. The largest absolute Gasteiger partial charge is 0.469 e. The van der Waals surface area contributed by atoms with Gasteiger partial charge in [0.25, 0.3) is 5.91 Å². The fourth-order valence-electron chi connectivity index (χ4n) is 2.92. The van der Waals surface area contributed by atoms with Crippen LogP contribution in [0.15, 0.2) is 44.0 Å². The van der Waals surface area contributed by atoms with E-state index in [0.717, 1.165) is 0 Å². The third-order valence-electron chi connectivity index (χ3n) is 4.00. The molecule has 3 aromatic rings. The number of hydrogen-bond donors (Lipinski definition) is 2. The number of carbonyl (C=O) groups excluding carboxylic acids is 2. The standard InChI is InChI=1S/C16H13BrN4O4/c1-21-15-13(8(7-12(22)18-15)9-3-2-6-24-9)14(20-21)19-16(23)10-4-5-11(17)25-10/h2-6,8H,7H2,1H3,(H,18,22)(H,19,20,23)/t8-/m0/s1. The molecule has 2 amide bonds. The fourth-order valence-corrected chi connectivity index (χ4v) is 3.23. The van der Waals surface area contributed by atoms with Crippen molar-refractivity contribution in [1.82, 2.24) is 9.78 Å². The number of hydrogen-bond acceptors (Lipinski definition) is 5. The Hall–Kier alpha value is -2.81. The first kappa shape index (κ1) is 15.7. The molecule has 0 bridgehead atoms. The van der Waals surface area contributed by atoms with Gasteiger partial charge in [-0.2, -0.15) is 5.10 Å². The lowest BCUT2D eigenvalue weighted by molar-refractivity contribution is -0.116. The van der Waals surface area contributed by atoms with Gasteiger partial charge in [-0.1, -0.05) is 0 Å². The maximum absolute atomic E-state index is 12.4. The third-order valence-corrected chi connectivity index (χ3v) is 4.42. The Morgan fingerprint density at radius 3 is 2.96 bits per heavy atom. The van der Waals surface area contributed by atoms with E-state index in [1.54, 1.807) is 37.6 Å². The molecule has 25 heavy (non-hydrogen) atoms. The molecule has 1 aliphatic heterocycles. The van der Waals surface area contributed by atoms with Crippen LogP contribution >= 0.6 is 15.9 Å². The van der Waals surface area contributed by atoms with Crippen LogP contribution in [0, 0.1) is 0 Å². The smallest absolute Gasteiger partial charge is 0.292 e. The highest BCUT2D eigenvalue weighted by Gasteiger charge is 2.35. The number of nitrogens with zero attached hydrogens (tertiary/aromatic N) is 2. The Balaban J connectivity index is 1.74. The summed E-state index contributed by atoms with van der Waals surface area (Å²) in [4.78, 5) is 24.4. The minimum Gasteiger partial charge on any atom is -0.469 e. The van der Waals surface area contributed by atoms with Crippen LogP contribution in [0.3, 0.4) is 0 Å². The molecule has 0 saturated carbocycles. The summed E-state index contributed by atoms with van der Waals surface area (Å²) in [6.07, 6.45) is 1.76. The van der Waals surface area contributed by atoms with Crippen molar-refractivity contribution in [3.63, 3.8) is 0 Å². The molecule has 4 heterocycles. The van der Waals surface area contributed by atoms with Gasteiger partial charge >= 0.3 is 0 Å². The zero-order valence-corrected chi connectivity index (χ0v) is 14.7. The molecule has 8 nitrogen and oxygen atoms in total. The van der Waals surface area contributed by atoms with Crippen molar-refractivity contribution >= 4 is 39.4 Å². The minimum atomic E-state index is -0.429. The molecule has 9 heteroatoms. The lowest BCUT2D eigenvalue weighted by atomic mass is 9.91. The summed E-state index contributed by atoms with van der Waals surface area (Å²) >= 11 is 3.17. The van der Waals surface area contributed by atoms with Gasteiger partial charge < -0.3 is 19.5 Å². The highest BCUT2D eigenvalue weighted by molar-refractivity contribution is 9.10. The van der Waals surface area contributed by atoms with Gasteiger partial charge in [0.05, 0.1) is 17.7 Å². The quantitative estimate of drug-likeness (QED) is 0.697. The van der Waals surface area contributed by atoms with Crippen LogP contribution < -0.4 is 10.6 Å². The summed E-state index contributed by atoms with van der Waals surface area (Å²) in [7, 11) is 1.70. The van der Waals surface area contributed by atoms with E-state index in [-0.39, 0.29) is 24.0 Å². The van der Waals surface area contributed by atoms with Gasteiger partial charge in [-0.15, -0.1) is 0 Å². The van der Waals surface area contributed by atoms with Crippen LogP contribution in [0.4, 0.5) is 11.6 Å². The molecule has 0 spiro atoms. The van der Waals surface area contributed by atoms with Gasteiger partial charge in [-0.25, -0.2) is 0 Å². The van der Waals surface area contributed by atoms with Gasteiger partial charge in [0.1, 0.15) is 11.6 Å². The number of nitrogens with one attached hydrogen (secondary N) is 2. The molecule has 3 aromatic heterocycles. The first-order valence-electron chi connectivity index (χ1n) is 7.49. The number of amides is 2. The lowest BCUT2D eigenvalue weighted by Crippen LogP contribution is -2.25. The number of furan rings is 2. The fraction of sp³-hybridized carbons (Fsp3) is 0.188. The first-order chi connectivity index (χ1) is 12.0. The molecular formula is C16H13BrN4O4. The van der Waals surface area contributed by atoms with Crippen molar-refractivity contribution < 1.29 is 18.4 Å². The van der Waals surface area contributed by atoms with Crippen molar-refractivity contribution in [2.75, 3.05) is 10.6 Å². The summed E-state index contributed by atoms with van der Waals surface area (Å²) in [6, 6.07) is 6.75. The molecule has 2 N–H and O–H groups in total. The number of aromatic nitrogens is 2. The highest BCUT2D eigenvalue weighted by atomic mass is 79.9. The average Bonchev–Trinajstić information content (AvgIpc) is 3.29. The molecule has 0 unspecified atom stereocenters. The Bertz CT molecular complexity index is 957. The summed E-state index contributed by atoms with van der Waals surface area (Å²) in [5, 5.41) is 9.88. The second-order valence-corrected chi connectivity index (χ2v) is 6.39. The van der Waals surface area contributed by atoms with Crippen LogP contribution in [0.5, 0.6) is 0 Å². The summed E-state index contributed by atoms with van der Waals surface area (Å²) in [6.45, 7) is 0. The minimum absolute atomic E-state index is 0.134. The predicted molar refractivity (Wildman–Crippen MR) is 91.4 cm³/mol. The Morgan fingerprint density at radius 1 is 1.44 bits per heavy atom. The second kappa shape index (κ2) is 5.92. The van der Waals surface area contributed by atoms with Crippen molar-refractivity contribution in [2.24, 2.45) is 7.05 Å². The third kappa shape index (κ3) is 2.76. The normalized spacial score (nSPS) is 16.4. The van der Waals surface area contributed by atoms with Gasteiger partial charge in [0, 0.05) is 13.5 Å². The van der Waals surface area contributed by atoms with E-state index in [2.05, 4.69) is 31.7 Å². The molecular weight excluding hydrogens is 392 g/mol. The number of rotatable bonds is 3. The summed E-state index contributed by atoms with van der Waals surface area (Å²) < 4.78 is 12.7. The average molecular weight is 405 g/mol. The monoisotopic (exact) mass is 404 g/mol. The van der Waals surface area contributed by atoms with E-state index in [9.17, 15) is 9.59 Å². The summed E-state index contributed by atoms with van der Waals surface area (Å²) in [5.41, 5.74) is 0.705. The van der Waals surface area contributed by atoms with E-state index in [4.69, 9.17) is 8.83 Å². The molecule has 4 rings (SSSR count). The van der Waals surface area contributed by atoms with Crippen molar-refractivity contribution in [1.29, 1.82) is 0 Å². The highest BCUT2D eigenvalue weighted by Crippen LogP contribution is 2.41. The van der Waals surface area contributed by atoms with Gasteiger partial charge in [-0.05, 0) is 40.2 Å². The number of halogens is 1. The van der Waals surface area contributed by atoms with E-state index >= 15 is 0 Å². The van der Waals surface area contributed by atoms with Crippen molar-refractivity contribution in [3.8, 4) is 0 Å². The number of fused-ring (bicyclic) bond motifs is 1. The number of anilines is 2. The van der Waals surface area contributed by atoms with Crippen molar-refractivity contribution in [2.45, 2.75) is 12.3 Å². The molecule has 128 valence electrons. The second-order valence-electron chi connectivity index (χ2n) is 5.61. The topological polar surface area (TPSA) is 102 Å². The molecule has 0 fully saturated rings. The summed E-state index contributed by atoms with van der Waals surface area (Å²) in [5.74, 6) is 0.795. The molecule has 0 aliphatic carbocycles. The maximum Gasteiger partial charge on any atom is 0.292 e. The van der Waals surface area contributed by atoms with E-state index in [1.807, 2.05) is 0 Å². The van der Waals surface area contributed by atoms with Crippen LogP contribution in [0.25, 0.3) is 0 Å². The van der Waals surface area contributed by atoms with Crippen LogP contribution in [0.1, 0.15) is 34.2 Å². The van der Waals surface area contributed by atoms with Gasteiger partial charge in [-0.3, -0.25) is 14.3 Å². The zero-order valence-electron chi connectivity index (χ0n) is 13.1. The van der Waals surface area contributed by atoms with E-state index in [0.29, 0.717) is 27.6 Å². The van der Waals surface area contributed by atoms with Gasteiger partial charge in [0.2, 0.25) is 5.91 Å². The molecule has 1 aliphatic rings. The van der Waals surface area contributed by atoms with Crippen molar-refractivity contribution in [3.05, 3.63) is 52.3 Å². The van der Waals surface area contributed by atoms with Gasteiger partial charge in [0.15, 0.2) is 16.2 Å². The Kier molecular flexibility index (Phi) is 3.72. The molecule has 1 atom stereocenters. The van der Waals surface area contributed by atoms with E-state index in [1.165, 1.54) is 4.68 Å². The Morgan fingerprint density at radius 2 is 2.28 bits per heavy atom. The molecule has 0 aromatic carbocycles. The maximum atomic E-state index is 12.4. The van der Waals surface area contributed by atoms with E-state index < -0.39 is 5.91 Å². The molecule has 0 radical (unpaired) electrons. The molecule has 0 saturated heterocycles. The zero-order chi connectivity index (χ0) is 17.6. The number of carbonyl (C=O) groups is 2. The lowest BCUT2D eigenvalue weighted by Gasteiger charge is -2.22.